The van der Waals surface area contributed by atoms with Gasteiger partial charge in [0.25, 0.3) is 0 Å². The largest absolute Gasteiger partial charge is 0.371 e. The van der Waals surface area contributed by atoms with Gasteiger partial charge in [-0.2, -0.15) is 0 Å². The number of rotatable bonds is 1. The summed E-state index contributed by atoms with van der Waals surface area (Å²) in [6.45, 7) is 4.33. The lowest BCUT2D eigenvalue weighted by Gasteiger charge is -2.56. The molecule has 0 aromatic rings. The fourth-order valence-electron chi connectivity index (χ4n) is 2.32. The van der Waals surface area contributed by atoms with Crippen LogP contribution in [-0.4, -0.2) is 35.2 Å². The van der Waals surface area contributed by atoms with Crippen LogP contribution in [-0.2, 0) is 9.47 Å². The Morgan fingerprint density at radius 1 is 1.62 bits per heavy atom. The molecule has 4 heteroatoms. The predicted octanol–water partition coefficient (Wildman–Crippen LogP) is -0.00990. The number of fused-ring (bicyclic) bond motifs is 1. The van der Waals surface area contributed by atoms with Crippen molar-refractivity contribution < 1.29 is 14.6 Å². The van der Waals surface area contributed by atoms with Crippen molar-refractivity contribution in [3.05, 3.63) is 0 Å². The second-order valence-corrected chi connectivity index (χ2v) is 4.26. The van der Waals surface area contributed by atoms with E-state index in [0.29, 0.717) is 19.4 Å². The van der Waals surface area contributed by atoms with E-state index in [-0.39, 0.29) is 17.7 Å². The van der Waals surface area contributed by atoms with Crippen molar-refractivity contribution in [3.63, 3.8) is 0 Å². The minimum Gasteiger partial charge on any atom is -0.371 e. The molecule has 2 saturated heterocycles. The summed E-state index contributed by atoms with van der Waals surface area (Å²) in [5.74, 6) is -1.05. The van der Waals surface area contributed by atoms with Crippen LogP contribution < -0.4 is 5.73 Å². The van der Waals surface area contributed by atoms with E-state index in [1.54, 1.807) is 0 Å². The first-order valence-electron chi connectivity index (χ1n) is 4.80. The van der Waals surface area contributed by atoms with Gasteiger partial charge in [0.1, 0.15) is 6.10 Å². The molecule has 76 valence electrons. The third-order valence-corrected chi connectivity index (χ3v) is 3.09. The van der Waals surface area contributed by atoms with Crippen molar-refractivity contribution in [1.82, 2.24) is 0 Å². The molecule has 0 bridgehead atoms. The van der Waals surface area contributed by atoms with Gasteiger partial charge in [-0.25, -0.2) is 0 Å². The van der Waals surface area contributed by atoms with Crippen LogP contribution in [0.15, 0.2) is 0 Å². The molecule has 2 fully saturated rings. The Morgan fingerprint density at radius 2 is 2.31 bits per heavy atom. The average molecular weight is 187 g/mol. The average Bonchev–Trinajstić information content (AvgIpc) is 2.00. The zero-order valence-corrected chi connectivity index (χ0v) is 8.12. The molecule has 0 aromatic carbocycles. The normalized spacial score (nSPS) is 55.4. The highest BCUT2D eigenvalue weighted by Crippen LogP contribution is 2.41. The lowest BCUT2D eigenvalue weighted by atomic mass is 9.77. The quantitative estimate of drug-likeness (QED) is 0.606. The third kappa shape index (κ3) is 1.29. The highest BCUT2D eigenvalue weighted by atomic mass is 16.7. The highest BCUT2D eigenvalue weighted by Gasteiger charge is 2.57. The van der Waals surface area contributed by atoms with Crippen molar-refractivity contribution in [2.24, 2.45) is 5.73 Å². The molecule has 4 unspecified atom stereocenters. The first kappa shape index (κ1) is 9.40. The number of ether oxygens (including phenoxy) is 2. The predicted molar refractivity (Wildman–Crippen MR) is 47.1 cm³/mol. The first-order chi connectivity index (χ1) is 5.99. The number of hydrogen-bond acceptors (Lipinski definition) is 4. The van der Waals surface area contributed by atoms with Crippen molar-refractivity contribution in [1.29, 1.82) is 0 Å². The van der Waals surface area contributed by atoms with Crippen LogP contribution in [0.5, 0.6) is 0 Å². The molecular weight excluding hydrogens is 170 g/mol. The van der Waals surface area contributed by atoms with E-state index in [9.17, 15) is 5.11 Å². The van der Waals surface area contributed by atoms with Crippen LogP contribution in [0.1, 0.15) is 26.7 Å². The van der Waals surface area contributed by atoms with Crippen molar-refractivity contribution in [2.45, 2.75) is 50.2 Å². The Labute approximate surface area is 78.0 Å². The van der Waals surface area contributed by atoms with Gasteiger partial charge >= 0.3 is 0 Å². The Morgan fingerprint density at radius 3 is 2.69 bits per heavy atom. The van der Waals surface area contributed by atoms with Crippen LogP contribution in [0, 0.1) is 0 Å². The molecule has 0 radical (unpaired) electrons. The Bertz CT molecular complexity index is 217. The van der Waals surface area contributed by atoms with Gasteiger partial charge in [-0.15, -0.1) is 0 Å². The fraction of sp³-hybridized carbons (Fsp3) is 1.00. The second kappa shape index (κ2) is 2.67. The summed E-state index contributed by atoms with van der Waals surface area (Å²) in [5.41, 5.74) is 5.71. The van der Waals surface area contributed by atoms with Crippen molar-refractivity contribution >= 4 is 0 Å². The third-order valence-electron chi connectivity index (χ3n) is 3.09. The Kier molecular flexibility index (Phi) is 1.93. The van der Waals surface area contributed by atoms with E-state index in [4.69, 9.17) is 15.2 Å². The van der Waals surface area contributed by atoms with Crippen LogP contribution in [0.25, 0.3) is 0 Å². The molecule has 2 aliphatic rings. The molecule has 13 heavy (non-hydrogen) atoms. The van der Waals surface area contributed by atoms with Gasteiger partial charge in [0.05, 0.1) is 18.2 Å². The smallest absolute Gasteiger partial charge is 0.167 e. The van der Waals surface area contributed by atoms with Gasteiger partial charge < -0.3 is 20.3 Å². The summed E-state index contributed by atoms with van der Waals surface area (Å²) in [4.78, 5) is 0. The van der Waals surface area contributed by atoms with E-state index in [2.05, 4.69) is 0 Å². The zero-order chi connectivity index (χ0) is 9.69. The van der Waals surface area contributed by atoms with Gasteiger partial charge in [0.2, 0.25) is 0 Å². The molecule has 0 aliphatic carbocycles. The van der Waals surface area contributed by atoms with E-state index in [1.807, 2.05) is 13.8 Å². The van der Waals surface area contributed by atoms with Gasteiger partial charge in [-0.3, -0.25) is 0 Å². The topological polar surface area (TPSA) is 64.7 Å². The van der Waals surface area contributed by atoms with Gasteiger partial charge in [-0.1, -0.05) is 6.92 Å². The van der Waals surface area contributed by atoms with E-state index >= 15 is 0 Å². The summed E-state index contributed by atoms with van der Waals surface area (Å²) < 4.78 is 10.8. The van der Waals surface area contributed by atoms with E-state index in [0.717, 1.165) is 0 Å². The molecule has 0 spiro atoms. The molecule has 0 aromatic heterocycles. The van der Waals surface area contributed by atoms with Crippen LogP contribution in [0.2, 0.25) is 0 Å². The van der Waals surface area contributed by atoms with E-state index in [1.165, 1.54) is 0 Å². The van der Waals surface area contributed by atoms with Gasteiger partial charge in [-0.05, 0) is 13.3 Å². The zero-order valence-electron chi connectivity index (χ0n) is 8.12. The molecule has 3 N–H and O–H groups in total. The van der Waals surface area contributed by atoms with Gasteiger partial charge in [0, 0.05) is 6.42 Å². The number of aliphatic hydroxyl groups is 1. The molecular formula is C9H17NO3. The number of nitrogens with two attached hydrogens (primary N) is 1. The summed E-state index contributed by atoms with van der Waals surface area (Å²) in [5, 5.41) is 9.98. The lowest BCUT2D eigenvalue weighted by Crippen LogP contribution is -2.74. The first-order valence-corrected chi connectivity index (χ1v) is 4.80. The molecule has 0 saturated carbocycles. The SMILES string of the molecule is CCC1(O)CC2(N)COC2C(C)O1. The molecule has 2 heterocycles. The van der Waals surface area contributed by atoms with Crippen molar-refractivity contribution in [3.8, 4) is 0 Å². The lowest BCUT2D eigenvalue weighted by molar-refractivity contribution is -0.336. The molecule has 0 amide bonds. The maximum absolute atomic E-state index is 9.98. The van der Waals surface area contributed by atoms with Crippen LogP contribution >= 0.6 is 0 Å². The fourth-order valence-corrected chi connectivity index (χ4v) is 2.32. The maximum atomic E-state index is 9.98. The van der Waals surface area contributed by atoms with Crippen LogP contribution in [0.3, 0.4) is 0 Å². The monoisotopic (exact) mass is 187 g/mol. The standard InChI is InChI=1S/C9H17NO3/c1-3-9(11)4-8(10)5-12-7(8)6(2)13-9/h6-7,11H,3-5,10H2,1-2H3. The highest BCUT2D eigenvalue weighted by molar-refractivity contribution is 5.08. The minimum absolute atomic E-state index is 0.0423. The number of hydrogen-bond donors (Lipinski definition) is 2. The Balaban J connectivity index is 2.16. The summed E-state index contributed by atoms with van der Waals surface area (Å²) in [6.07, 6.45) is 0.894. The maximum Gasteiger partial charge on any atom is 0.167 e. The van der Waals surface area contributed by atoms with Crippen LogP contribution in [0.4, 0.5) is 0 Å². The molecule has 4 atom stereocenters. The minimum atomic E-state index is -1.05. The Hall–Kier alpha value is -0.160. The van der Waals surface area contributed by atoms with Gasteiger partial charge in [0.15, 0.2) is 5.79 Å². The van der Waals surface area contributed by atoms with E-state index < -0.39 is 5.79 Å². The molecule has 4 nitrogen and oxygen atoms in total. The molecule has 2 rings (SSSR count). The second-order valence-electron chi connectivity index (χ2n) is 4.26. The molecule has 2 aliphatic heterocycles. The summed E-state index contributed by atoms with van der Waals surface area (Å²) >= 11 is 0. The summed E-state index contributed by atoms with van der Waals surface area (Å²) in [7, 11) is 0. The van der Waals surface area contributed by atoms with Crippen molar-refractivity contribution in [2.75, 3.05) is 6.61 Å². The summed E-state index contributed by atoms with van der Waals surface area (Å²) in [6, 6.07) is 0.